The fourth-order valence-electron chi connectivity index (χ4n) is 2.48. The van der Waals surface area contributed by atoms with Crippen LogP contribution in [-0.4, -0.2) is 12.5 Å². The van der Waals surface area contributed by atoms with Crippen LogP contribution in [0.4, 0.5) is 5.69 Å². The SMILES string of the molecule is O=C(COc1ccccc1Cc1ccccc1)Nc1ccc(Cl)cc1. The second kappa shape index (κ2) is 8.36. The number of benzene rings is 3. The number of anilines is 1. The first-order valence-corrected chi connectivity index (χ1v) is 8.38. The molecule has 0 aliphatic rings. The normalized spacial score (nSPS) is 10.3. The van der Waals surface area contributed by atoms with E-state index in [1.165, 1.54) is 5.56 Å². The quantitative estimate of drug-likeness (QED) is 0.682. The van der Waals surface area contributed by atoms with E-state index in [1.54, 1.807) is 24.3 Å². The van der Waals surface area contributed by atoms with Crippen molar-refractivity contribution in [2.45, 2.75) is 6.42 Å². The van der Waals surface area contributed by atoms with Crippen LogP contribution < -0.4 is 10.1 Å². The van der Waals surface area contributed by atoms with Crippen LogP contribution in [0.15, 0.2) is 78.9 Å². The largest absolute Gasteiger partial charge is 0.483 e. The van der Waals surface area contributed by atoms with Gasteiger partial charge in [0.1, 0.15) is 5.75 Å². The highest BCUT2D eigenvalue weighted by Gasteiger charge is 2.08. The molecule has 0 bridgehead atoms. The van der Waals surface area contributed by atoms with Gasteiger partial charge >= 0.3 is 0 Å². The van der Waals surface area contributed by atoms with Crippen molar-refractivity contribution >= 4 is 23.2 Å². The molecule has 0 radical (unpaired) electrons. The number of carbonyl (C=O) groups is 1. The summed E-state index contributed by atoms with van der Waals surface area (Å²) in [6.45, 7) is -0.0472. The van der Waals surface area contributed by atoms with Gasteiger partial charge in [0.2, 0.25) is 0 Å². The van der Waals surface area contributed by atoms with Crippen LogP contribution in [0.5, 0.6) is 5.75 Å². The third kappa shape index (κ3) is 5.10. The van der Waals surface area contributed by atoms with E-state index < -0.39 is 0 Å². The lowest BCUT2D eigenvalue weighted by Crippen LogP contribution is -2.20. The number of carbonyl (C=O) groups excluding carboxylic acids is 1. The summed E-state index contributed by atoms with van der Waals surface area (Å²) in [5.41, 5.74) is 2.94. The Morgan fingerprint density at radius 3 is 2.32 bits per heavy atom. The van der Waals surface area contributed by atoms with E-state index >= 15 is 0 Å². The Hall–Kier alpha value is -2.78. The fourth-order valence-corrected chi connectivity index (χ4v) is 2.61. The van der Waals surface area contributed by atoms with E-state index in [2.05, 4.69) is 17.4 Å². The average molecular weight is 352 g/mol. The van der Waals surface area contributed by atoms with Gasteiger partial charge in [-0.2, -0.15) is 0 Å². The monoisotopic (exact) mass is 351 g/mol. The minimum atomic E-state index is -0.211. The van der Waals surface area contributed by atoms with Crippen molar-refractivity contribution in [3.05, 3.63) is 95.0 Å². The molecular weight excluding hydrogens is 334 g/mol. The molecule has 0 aliphatic heterocycles. The molecule has 126 valence electrons. The van der Waals surface area contributed by atoms with E-state index in [-0.39, 0.29) is 12.5 Å². The zero-order chi connectivity index (χ0) is 17.5. The molecule has 0 atom stereocenters. The number of halogens is 1. The molecule has 0 unspecified atom stereocenters. The Balaban J connectivity index is 1.61. The van der Waals surface area contributed by atoms with Crippen LogP contribution in [0.1, 0.15) is 11.1 Å². The maximum absolute atomic E-state index is 12.1. The molecule has 0 aliphatic carbocycles. The Morgan fingerprint density at radius 1 is 0.880 bits per heavy atom. The van der Waals surface area contributed by atoms with Gasteiger partial charge in [-0.05, 0) is 41.5 Å². The summed E-state index contributed by atoms with van der Waals surface area (Å²) in [7, 11) is 0. The molecule has 0 aromatic heterocycles. The first-order valence-electron chi connectivity index (χ1n) is 8.01. The number of nitrogens with one attached hydrogen (secondary N) is 1. The van der Waals surface area contributed by atoms with Gasteiger partial charge in [-0.1, -0.05) is 60.1 Å². The van der Waals surface area contributed by atoms with Crippen molar-refractivity contribution in [1.82, 2.24) is 0 Å². The van der Waals surface area contributed by atoms with Gasteiger partial charge in [0.05, 0.1) is 0 Å². The molecule has 3 aromatic carbocycles. The predicted octanol–water partition coefficient (Wildman–Crippen LogP) is 4.95. The summed E-state index contributed by atoms with van der Waals surface area (Å²) in [6, 6.07) is 24.9. The van der Waals surface area contributed by atoms with Crippen molar-refractivity contribution in [1.29, 1.82) is 0 Å². The van der Waals surface area contributed by atoms with Crippen LogP contribution in [0, 0.1) is 0 Å². The Labute approximate surface area is 152 Å². The van der Waals surface area contributed by atoms with Gasteiger partial charge < -0.3 is 10.1 Å². The summed E-state index contributed by atoms with van der Waals surface area (Å²) >= 11 is 5.84. The van der Waals surface area contributed by atoms with Crippen LogP contribution in [-0.2, 0) is 11.2 Å². The highest BCUT2D eigenvalue weighted by atomic mass is 35.5. The minimum absolute atomic E-state index is 0.0472. The predicted molar refractivity (Wildman–Crippen MR) is 101 cm³/mol. The summed E-state index contributed by atoms with van der Waals surface area (Å²) in [4.78, 5) is 12.1. The van der Waals surface area contributed by atoms with Gasteiger partial charge in [-0.15, -0.1) is 0 Å². The van der Waals surface area contributed by atoms with Crippen LogP contribution >= 0.6 is 11.6 Å². The second-order valence-electron chi connectivity index (χ2n) is 5.61. The number of para-hydroxylation sites is 1. The van der Waals surface area contributed by atoms with Crippen molar-refractivity contribution in [2.24, 2.45) is 0 Å². The van der Waals surface area contributed by atoms with Crippen LogP contribution in [0.25, 0.3) is 0 Å². The zero-order valence-electron chi connectivity index (χ0n) is 13.6. The molecule has 3 nitrogen and oxygen atoms in total. The van der Waals surface area contributed by atoms with E-state index in [0.29, 0.717) is 10.7 Å². The molecule has 25 heavy (non-hydrogen) atoms. The Kier molecular flexibility index (Phi) is 5.70. The lowest BCUT2D eigenvalue weighted by atomic mass is 10.0. The van der Waals surface area contributed by atoms with Gasteiger partial charge in [-0.25, -0.2) is 0 Å². The van der Waals surface area contributed by atoms with Gasteiger partial charge in [0.25, 0.3) is 5.91 Å². The van der Waals surface area contributed by atoms with Gasteiger partial charge in [0.15, 0.2) is 6.61 Å². The van der Waals surface area contributed by atoms with E-state index in [4.69, 9.17) is 16.3 Å². The molecule has 0 saturated heterocycles. The molecule has 1 amide bonds. The molecule has 0 fully saturated rings. The van der Waals surface area contributed by atoms with E-state index in [0.717, 1.165) is 17.7 Å². The molecule has 0 heterocycles. The lowest BCUT2D eigenvalue weighted by molar-refractivity contribution is -0.118. The Bertz CT molecular complexity index is 832. The summed E-state index contributed by atoms with van der Waals surface area (Å²) in [6.07, 6.45) is 0.760. The minimum Gasteiger partial charge on any atom is -0.483 e. The second-order valence-corrected chi connectivity index (χ2v) is 6.05. The molecule has 3 aromatic rings. The van der Waals surface area contributed by atoms with Crippen molar-refractivity contribution in [2.75, 3.05) is 11.9 Å². The molecule has 0 saturated carbocycles. The fraction of sp³-hybridized carbons (Fsp3) is 0.0952. The smallest absolute Gasteiger partial charge is 0.262 e. The van der Waals surface area contributed by atoms with Crippen molar-refractivity contribution in [3.63, 3.8) is 0 Å². The van der Waals surface area contributed by atoms with Crippen molar-refractivity contribution in [3.8, 4) is 5.75 Å². The highest BCUT2D eigenvalue weighted by molar-refractivity contribution is 6.30. The van der Waals surface area contributed by atoms with E-state index in [9.17, 15) is 4.79 Å². The molecular formula is C21H18ClNO2. The molecule has 4 heteroatoms. The summed E-state index contributed by atoms with van der Waals surface area (Å²) in [5, 5.41) is 3.41. The number of hydrogen-bond donors (Lipinski definition) is 1. The lowest BCUT2D eigenvalue weighted by Gasteiger charge is -2.12. The molecule has 3 rings (SSSR count). The zero-order valence-corrected chi connectivity index (χ0v) is 14.4. The van der Waals surface area contributed by atoms with Crippen LogP contribution in [0.2, 0.25) is 5.02 Å². The number of hydrogen-bond acceptors (Lipinski definition) is 2. The Morgan fingerprint density at radius 2 is 1.56 bits per heavy atom. The summed E-state index contributed by atoms with van der Waals surface area (Å²) < 4.78 is 5.73. The van der Waals surface area contributed by atoms with Gasteiger partial charge in [0, 0.05) is 17.1 Å². The number of amides is 1. The molecule has 0 spiro atoms. The van der Waals surface area contributed by atoms with Crippen molar-refractivity contribution < 1.29 is 9.53 Å². The van der Waals surface area contributed by atoms with Crippen LogP contribution in [0.3, 0.4) is 0 Å². The standard InChI is InChI=1S/C21H18ClNO2/c22-18-10-12-19(13-11-18)23-21(24)15-25-20-9-5-4-8-17(20)14-16-6-2-1-3-7-16/h1-13H,14-15H2,(H,23,24). The maximum atomic E-state index is 12.1. The number of ether oxygens (including phenoxy) is 1. The molecule has 1 N–H and O–H groups in total. The average Bonchev–Trinajstić information content (AvgIpc) is 2.64. The maximum Gasteiger partial charge on any atom is 0.262 e. The number of rotatable bonds is 6. The first kappa shape index (κ1) is 17.1. The van der Waals surface area contributed by atoms with Gasteiger partial charge in [-0.3, -0.25) is 4.79 Å². The first-order chi connectivity index (χ1) is 12.2. The third-order valence-electron chi connectivity index (χ3n) is 3.70. The summed E-state index contributed by atoms with van der Waals surface area (Å²) in [5.74, 6) is 0.509. The van der Waals surface area contributed by atoms with E-state index in [1.807, 2.05) is 42.5 Å². The third-order valence-corrected chi connectivity index (χ3v) is 3.95. The highest BCUT2D eigenvalue weighted by Crippen LogP contribution is 2.21. The topological polar surface area (TPSA) is 38.3 Å².